The predicted octanol–water partition coefficient (Wildman–Crippen LogP) is 0.500. The minimum absolute atomic E-state index is 0.124. The van der Waals surface area contributed by atoms with Crippen LogP contribution >= 0.6 is 0 Å². The van der Waals surface area contributed by atoms with Crippen molar-refractivity contribution in [3.8, 4) is 0 Å². The third-order valence-corrected chi connectivity index (χ3v) is 2.39. The Balaban J connectivity index is 1.91. The number of furan rings is 1. The molecule has 0 radical (unpaired) electrons. The maximum absolute atomic E-state index is 11.5. The summed E-state index contributed by atoms with van der Waals surface area (Å²) < 4.78 is 6.02. The van der Waals surface area contributed by atoms with E-state index in [-0.39, 0.29) is 17.9 Å². The highest BCUT2D eigenvalue weighted by molar-refractivity contribution is 5.80. The summed E-state index contributed by atoms with van der Waals surface area (Å²) in [6.45, 7) is -0.185. The number of nitrogens with one attached hydrogen (secondary N) is 1. The molecule has 2 aromatic rings. The molecule has 2 aromatic heterocycles. The largest absolute Gasteiger partial charge is 0.433 e. The van der Waals surface area contributed by atoms with E-state index in [1.54, 1.807) is 12.1 Å². The lowest BCUT2D eigenvalue weighted by Gasteiger charge is -2.02. The van der Waals surface area contributed by atoms with Gasteiger partial charge in [-0.2, -0.15) is 5.10 Å². The minimum atomic E-state index is -0.683. The lowest BCUT2D eigenvalue weighted by molar-refractivity contribution is -0.402. The topological polar surface area (TPSA) is 120 Å². The fourth-order valence-electron chi connectivity index (χ4n) is 1.46. The molecule has 108 valence electrons. The van der Waals surface area contributed by atoms with Gasteiger partial charge in [-0.1, -0.05) is 6.07 Å². The van der Waals surface area contributed by atoms with Gasteiger partial charge in [0.25, 0.3) is 11.5 Å². The Hall–Kier alpha value is -3.23. The number of hydrazone groups is 1. The number of aromatic nitrogens is 1. The van der Waals surface area contributed by atoms with Crippen LogP contribution in [0.1, 0.15) is 5.76 Å². The van der Waals surface area contributed by atoms with E-state index in [9.17, 15) is 19.7 Å². The van der Waals surface area contributed by atoms with Gasteiger partial charge in [-0.25, -0.2) is 5.43 Å². The molecule has 0 saturated carbocycles. The normalized spacial score (nSPS) is 10.7. The zero-order valence-electron chi connectivity index (χ0n) is 10.6. The number of hydrogen-bond acceptors (Lipinski definition) is 6. The van der Waals surface area contributed by atoms with Crippen LogP contribution in [0.15, 0.2) is 50.8 Å². The van der Waals surface area contributed by atoms with Gasteiger partial charge in [0.1, 0.15) is 11.5 Å². The van der Waals surface area contributed by atoms with Crippen LogP contribution in [-0.2, 0) is 11.3 Å². The highest BCUT2D eigenvalue weighted by Crippen LogP contribution is 2.13. The molecule has 0 aliphatic rings. The smallest absolute Gasteiger partial charge is 0.400 e. The van der Waals surface area contributed by atoms with E-state index in [1.165, 1.54) is 29.0 Å². The first kappa shape index (κ1) is 14.2. The Kier molecular flexibility index (Phi) is 4.24. The molecule has 0 aromatic carbocycles. The molecule has 9 nitrogen and oxygen atoms in total. The summed E-state index contributed by atoms with van der Waals surface area (Å²) >= 11 is 0. The van der Waals surface area contributed by atoms with Crippen LogP contribution in [0.2, 0.25) is 0 Å². The Morgan fingerprint density at radius 1 is 1.43 bits per heavy atom. The van der Waals surface area contributed by atoms with Crippen molar-refractivity contribution in [2.24, 2.45) is 5.10 Å². The van der Waals surface area contributed by atoms with E-state index >= 15 is 0 Å². The highest BCUT2D eigenvalue weighted by Gasteiger charge is 2.10. The third-order valence-electron chi connectivity index (χ3n) is 2.39. The van der Waals surface area contributed by atoms with Gasteiger partial charge >= 0.3 is 5.88 Å². The number of pyridine rings is 1. The Labute approximate surface area is 117 Å². The van der Waals surface area contributed by atoms with E-state index in [4.69, 9.17) is 4.42 Å². The van der Waals surface area contributed by atoms with Gasteiger partial charge in [-0.05, 0) is 12.1 Å². The summed E-state index contributed by atoms with van der Waals surface area (Å²) in [6, 6.07) is 7.04. The van der Waals surface area contributed by atoms with Gasteiger partial charge in [-0.15, -0.1) is 0 Å². The highest BCUT2D eigenvalue weighted by atomic mass is 16.6. The molecule has 0 spiro atoms. The van der Waals surface area contributed by atoms with E-state index in [0.717, 1.165) is 6.21 Å². The predicted molar refractivity (Wildman–Crippen MR) is 71.8 cm³/mol. The average Bonchev–Trinajstić information content (AvgIpc) is 2.90. The first-order chi connectivity index (χ1) is 10.1. The third kappa shape index (κ3) is 3.86. The zero-order chi connectivity index (χ0) is 15.2. The molecule has 0 atom stereocenters. The van der Waals surface area contributed by atoms with Crippen molar-refractivity contribution in [3.05, 3.63) is 62.8 Å². The first-order valence-corrected chi connectivity index (χ1v) is 5.78. The summed E-state index contributed by atoms with van der Waals surface area (Å²) in [7, 11) is 0. The van der Waals surface area contributed by atoms with Gasteiger partial charge in [-0.3, -0.25) is 19.7 Å². The second-order valence-electron chi connectivity index (χ2n) is 3.89. The van der Waals surface area contributed by atoms with Crippen molar-refractivity contribution in [2.75, 3.05) is 0 Å². The van der Waals surface area contributed by atoms with Gasteiger partial charge in [0.2, 0.25) is 0 Å². The van der Waals surface area contributed by atoms with Crippen molar-refractivity contribution in [1.29, 1.82) is 0 Å². The summed E-state index contributed by atoms with van der Waals surface area (Å²) in [4.78, 5) is 32.6. The summed E-state index contributed by atoms with van der Waals surface area (Å²) in [6.07, 6.45) is 2.60. The van der Waals surface area contributed by atoms with Crippen molar-refractivity contribution in [1.82, 2.24) is 9.99 Å². The molecule has 1 N–H and O–H groups in total. The molecule has 0 fully saturated rings. The number of amides is 1. The molecule has 0 aliphatic heterocycles. The van der Waals surface area contributed by atoms with Crippen LogP contribution < -0.4 is 11.0 Å². The fourth-order valence-corrected chi connectivity index (χ4v) is 1.46. The van der Waals surface area contributed by atoms with Crippen molar-refractivity contribution in [3.63, 3.8) is 0 Å². The van der Waals surface area contributed by atoms with E-state index in [1.807, 2.05) is 0 Å². The first-order valence-electron chi connectivity index (χ1n) is 5.78. The van der Waals surface area contributed by atoms with Gasteiger partial charge < -0.3 is 8.98 Å². The van der Waals surface area contributed by atoms with Gasteiger partial charge in [0.15, 0.2) is 5.76 Å². The Morgan fingerprint density at radius 2 is 2.24 bits per heavy atom. The molecular formula is C12H10N4O5. The van der Waals surface area contributed by atoms with Crippen LogP contribution in [0.25, 0.3) is 0 Å². The number of carbonyl (C=O) groups is 1. The maximum Gasteiger partial charge on any atom is 0.433 e. The summed E-state index contributed by atoms with van der Waals surface area (Å²) in [5.41, 5.74) is 1.88. The SMILES string of the molecule is O=C(Cn1ccccc1=O)N/N=C\c1ccc([N+](=O)[O-])o1. The van der Waals surface area contributed by atoms with E-state index in [2.05, 4.69) is 10.5 Å². The maximum atomic E-state index is 11.5. The molecule has 21 heavy (non-hydrogen) atoms. The van der Waals surface area contributed by atoms with Crippen LogP contribution in [0.4, 0.5) is 5.88 Å². The van der Waals surface area contributed by atoms with Crippen LogP contribution in [0.5, 0.6) is 0 Å². The standard InChI is InChI=1S/C12H10N4O5/c17-10(8-15-6-2-1-3-11(15)18)14-13-7-9-4-5-12(21-9)16(19)20/h1-7H,8H2,(H,14,17)/b13-7-. The summed E-state index contributed by atoms with van der Waals surface area (Å²) in [5, 5.41) is 14.0. The molecule has 2 rings (SSSR count). The molecule has 1 amide bonds. The van der Waals surface area contributed by atoms with Crippen molar-refractivity contribution in [2.45, 2.75) is 6.54 Å². The van der Waals surface area contributed by atoms with Gasteiger partial charge in [0, 0.05) is 12.3 Å². The molecule has 2 heterocycles. The molecule has 0 saturated heterocycles. The monoisotopic (exact) mass is 290 g/mol. The second-order valence-corrected chi connectivity index (χ2v) is 3.89. The van der Waals surface area contributed by atoms with Gasteiger partial charge in [0.05, 0.1) is 12.3 Å². The van der Waals surface area contributed by atoms with E-state index < -0.39 is 16.7 Å². The quantitative estimate of drug-likeness (QED) is 0.488. The lowest BCUT2D eigenvalue weighted by Crippen LogP contribution is -2.28. The molecule has 9 heteroatoms. The Bertz CT molecular complexity index is 746. The molecular weight excluding hydrogens is 280 g/mol. The minimum Gasteiger partial charge on any atom is -0.400 e. The lowest BCUT2D eigenvalue weighted by atomic mass is 10.4. The average molecular weight is 290 g/mol. The van der Waals surface area contributed by atoms with Crippen molar-refractivity contribution >= 4 is 18.0 Å². The van der Waals surface area contributed by atoms with Crippen molar-refractivity contribution < 1.29 is 14.1 Å². The van der Waals surface area contributed by atoms with E-state index in [0.29, 0.717) is 0 Å². The summed E-state index contributed by atoms with van der Waals surface area (Å²) in [5.74, 6) is -0.807. The number of rotatable bonds is 5. The number of nitro groups is 1. The molecule has 0 unspecified atom stereocenters. The van der Waals surface area contributed by atoms with Crippen LogP contribution in [0.3, 0.4) is 0 Å². The van der Waals surface area contributed by atoms with Crippen LogP contribution in [-0.4, -0.2) is 21.6 Å². The number of nitrogens with zero attached hydrogens (tertiary/aromatic N) is 3. The fraction of sp³-hybridized carbons (Fsp3) is 0.0833. The Morgan fingerprint density at radius 3 is 2.90 bits per heavy atom. The second kappa shape index (κ2) is 6.28. The van der Waals surface area contributed by atoms with Crippen LogP contribution in [0, 0.1) is 10.1 Å². The zero-order valence-corrected chi connectivity index (χ0v) is 10.6. The number of carbonyl (C=O) groups excluding carboxylic acids is 1. The molecule has 0 aliphatic carbocycles. The molecule has 0 bridgehead atoms. The number of hydrogen-bond donors (Lipinski definition) is 1.